The Kier molecular flexibility index (Phi) is 7.33. The molecule has 13 nitrogen and oxygen atoms in total. The van der Waals surface area contributed by atoms with E-state index in [1.165, 1.54) is 12.7 Å². The van der Waals surface area contributed by atoms with E-state index < -0.39 is 44.5 Å². The van der Waals surface area contributed by atoms with Crippen LogP contribution in [0.3, 0.4) is 0 Å². The Labute approximate surface area is 212 Å². The summed E-state index contributed by atoms with van der Waals surface area (Å²) in [6, 6.07) is 9.25. The first-order valence-corrected chi connectivity index (χ1v) is 13.7. The standard InChI is InChI=1S/C23H27N6O7P/c1-3-24-23(30)28-20-17-21(26-12-25-20)29(13-27-17)22-19-18(15(34-22)11-33-37(2,31)32)35-16(36-19)10-9-14-7-5-4-6-8-14/h4-10,12-13,15-16,18-19,22H,3,11H2,1-2H3,(H,31,32)(H2,24,25,26,28,30)/p-1/b10-9+/t15-,16+,18+,19+,22-/m1/s1. The van der Waals surface area contributed by atoms with E-state index in [2.05, 4.69) is 25.6 Å². The third-order valence-corrected chi connectivity index (χ3v) is 6.41. The summed E-state index contributed by atoms with van der Waals surface area (Å²) in [5.41, 5.74) is 1.72. The van der Waals surface area contributed by atoms with E-state index in [9.17, 15) is 14.3 Å². The zero-order valence-corrected chi connectivity index (χ0v) is 21.0. The predicted molar refractivity (Wildman–Crippen MR) is 130 cm³/mol. The van der Waals surface area contributed by atoms with Crippen LogP contribution in [-0.4, -0.2) is 70.0 Å². The Morgan fingerprint density at radius 3 is 2.73 bits per heavy atom. The third-order valence-electron chi connectivity index (χ3n) is 5.79. The van der Waals surface area contributed by atoms with Crippen molar-refractivity contribution in [2.45, 2.75) is 37.8 Å². The van der Waals surface area contributed by atoms with Gasteiger partial charge in [-0.2, -0.15) is 0 Å². The summed E-state index contributed by atoms with van der Waals surface area (Å²) in [5, 5.41) is 5.29. The van der Waals surface area contributed by atoms with E-state index in [1.54, 1.807) is 17.6 Å². The molecule has 196 valence electrons. The molecule has 2 aliphatic heterocycles. The van der Waals surface area contributed by atoms with Crippen molar-refractivity contribution in [3.8, 4) is 0 Å². The van der Waals surface area contributed by atoms with Gasteiger partial charge in [0.2, 0.25) is 0 Å². The number of fused-ring (bicyclic) bond motifs is 2. The molecule has 37 heavy (non-hydrogen) atoms. The van der Waals surface area contributed by atoms with Crippen LogP contribution in [0.15, 0.2) is 49.1 Å². The SMILES string of the molecule is CCNC(=O)Nc1ncnc2c1ncn2[C@@H]1O[C@H](COP(C)(=O)[O-])[C@@H]2O[C@H](/C=C/c3ccccc3)O[C@@H]21. The molecule has 2 aromatic heterocycles. The molecule has 0 bridgehead atoms. The number of carbonyl (C=O) groups is 1. The van der Waals surface area contributed by atoms with Crippen molar-refractivity contribution in [1.29, 1.82) is 0 Å². The van der Waals surface area contributed by atoms with Gasteiger partial charge in [-0.25, -0.2) is 19.7 Å². The molecule has 1 aromatic carbocycles. The minimum absolute atomic E-state index is 0.231. The second kappa shape index (κ2) is 10.7. The molecule has 0 spiro atoms. The second-order valence-corrected chi connectivity index (χ2v) is 10.3. The van der Waals surface area contributed by atoms with E-state index in [0.29, 0.717) is 17.7 Å². The van der Waals surface area contributed by atoms with Gasteiger partial charge in [0.05, 0.1) is 12.9 Å². The minimum Gasteiger partial charge on any atom is -0.779 e. The highest BCUT2D eigenvalue weighted by Crippen LogP contribution is 2.42. The van der Waals surface area contributed by atoms with Crippen LogP contribution in [0.2, 0.25) is 0 Å². The maximum absolute atomic E-state index is 12.0. The van der Waals surface area contributed by atoms with Gasteiger partial charge in [-0.15, -0.1) is 0 Å². The molecule has 6 atom stereocenters. The van der Waals surface area contributed by atoms with Crippen LogP contribution in [0.25, 0.3) is 17.2 Å². The average molecular weight is 529 g/mol. The lowest BCUT2D eigenvalue weighted by atomic mass is 10.1. The summed E-state index contributed by atoms with van der Waals surface area (Å²) in [6.45, 7) is 3.01. The number of nitrogens with one attached hydrogen (secondary N) is 2. The lowest BCUT2D eigenvalue weighted by molar-refractivity contribution is -0.201. The van der Waals surface area contributed by atoms with Crippen molar-refractivity contribution < 1.29 is 33.0 Å². The number of anilines is 1. The van der Waals surface area contributed by atoms with Crippen LogP contribution in [0.5, 0.6) is 0 Å². The number of aromatic nitrogens is 4. The number of carbonyl (C=O) groups excluding carboxylic acids is 1. The number of nitrogens with zero attached hydrogens (tertiary/aromatic N) is 4. The molecule has 0 radical (unpaired) electrons. The van der Waals surface area contributed by atoms with Gasteiger partial charge in [-0.3, -0.25) is 9.88 Å². The fourth-order valence-electron chi connectivity index (χ4n) is 4.21. The van der Waals surface area contributed by atoms with E-state index in [-0.39, 0.29) is 12.4 Å². The zero-order chi connectivity index (χ0) is 26.0. The van der Waals surface area contributed by atoms with Crippen LogP contribution in [-0.2, 0) is 23.3 Å². The number of hydrogen-bond acceptors (Lipinski definition) is 10. The van der Waals surface area contributed by atoms with Crippen molar-refractivity contribution in [3.63, 3.8) is 0 Å². The van der Waals surface area contributed by atoms with Gasteiger partial charge in [0.1, 0.15) is 32.2 Å². The molecule has 2 fully saturated rings. The summed E-state index contributed by atoms with van der Waals surface area (Å²) in [6.07, 6.45) is 3.05. The van der Waals surface area contributed by atoms with E-state index >= 15 is 0 Å². The van der Waals surface area contributed by atoms with Crippen molar-refractivity contribution in [2.24, 2.45) is 0 Å². The first-order chi connectivity index (χ1) is 17.8. The summed E-state index contributed by atoms with van der Waals surface area (Å²) in [7, 11) is -3.99. The Morgan fingerprint density at radius 2 is 1.97 bits per heavy atom. The molecule has 3 aromatic rings. The molecule has 2 saturated heterocycles. The predicted octanol–water partition coefficient (Wildman–Crippen LogP) is 1.89. The fourth-order valence-corrected chi connectivity index (χ4v) is 4.63. The van der Waals surface area contributed by atoms with Gasteiger partial charge in [0, 0.05) is 13.2 Å². The molecular weight excluding hydrogens is 503 g/mol. The first kappa shape index (κ1) is 25.5. The van der Waals surface area contributed by atoms with Gasteiger partial charge < -0.3 is 33.5 Å². The van der Waals surface area contributed by atoms with Crippen LogP contribution in [0, 0.1) is 0 Å². The van der Waals surface area contributed by atoms with Crippen LogP contribution >= 0.6 is 7.60 Å². The van der Waals surface area contributed by atoms with E-state index in [0.717, 1.165) is 12.2 Å². The summed E-state index contributed by atoms with van der Waals surface area (Å²) in [4.78, 5) is 36.5. The van der Waals surface area contributed by atoms with Gasteiger partial charge in [0.25, 0.3) is 0 Å². The number of ether oxygens (including phenoxy) is 3. The van der Waals surface area contributed by atoms with Crippen molar-refractivity contribution in [1.82, 2.24) is 24.8 Å². The molecule has 4 heterocycles. The zero-order valence-electron chi connectivity index (χ0n) is 20.1. The summed E-state index contributed by atoms with van der Waals surface area (Å²) < 4.78 is 36.8. The smallest absolute Gasteiger partial charge is 0.320 e. The van der Waals surface area contributed by atoms with Gasteiger partial charge in [-0.05, 0) is 18.6 Å². The Hall–Kier alpha value is -3.19. The summed E-state index contributed by atoms with van der Waals surface area (Å²) >= 11 is 0. The number of urea groups is 1. The quantitative estimate of drug-likeness (QED) is 0.412. The van der Waals surface area contributed by atoms with Crippen LogP contribution in [0.4, 0.5) is 10.6 Å². The third kappa shape index (κ3) is 5.72. The van der Waals surface area contributed by atoms with Gasteiger partial charge >= 0.3 is 6.03 Å². The topological polar surface area (TPSA) is 162 Å². The van der Waals surface area contributed by atoms with E-state index in [4.69, 9.17) is 18.7 Å². The molecule has 2 amide bonds. The molecule has 0 aliphatic carbocycles. The molecule has 5 rings (SSSR count). The highest BCUT2D eigenvalue weighted by molar-refractivity contribution is 7.50. The molecule has 0 saturated carbocycles. The molecule has 2 aliphatic rings. The largest absolute Gasteiger partial charge is 0.779 e. The molecule has 14 heteroatoms. The van der Waals surface area contributed by atoms with Crippen molar-refractivity contribution >= 4 is 36.7 Å². The van der Waals surface area contributed by atoms with Crippen LogP contribution < -0.4 is 15.5 Å². The Morgan fingerprint density at radius 1 is 1.19 bits per heavy atom. The minimum atomic E-state index is -3.99. The number of rotatable bonds is 8. The number of hydrogen-bond donors (Lipinski definition) is 2. The lowest BCUT2D eigenvalue weighted by Crippen LogP contribution is -2.32. The summed E-state index contributed by atoms with van der Waals surface area (Å²) in [5.74, 6) is 0.231. The molecular formula is C23H26N6O7P-. The van der Waals surface area contributed by atoms with Crippen molar-refractivity contribution in [3.05, 3.63) is 54.6 Å². The second-order valence-electron chi connectivity index (χ2n) is 8.50. The highest BCUT2D eigenvalue weighted by Gasteiger charge is 2.53. The highest BCUT2D eigenvalue weighted by atomic mass is 31.2. The Bertz CT molecular complexity index is 1330. The number of amides is 2. The van der Waals surface area contributed by atoms with Gasteiger partial charge in [0.15, 0.2) is 29.5 Å². The average Bonchev–Trinajstić information content (AvgIpc) is 3.56. The van der Waals surface area contributed by atoms with Gasteiger partial charge in [-0.1, -0.05) is 36.4 Å². The monoisotopic (exact) mass is 529 g/mol. The first-order valence-electron chi connectivity index (χ1n) is 11.7. The number of benzene rings is 1. The van der Waals surface area contributed by atoms with Crippen LogP contribution in [0.1, 0.15) is 18.7 Å². The maximum Gasteiger partial charge on any atom is 0.320 e. The molecule has 1 unspecified atom stereocenters. The van der Waals surface area contributed by atoms with E-state index in [1.807, 2.05) is 36.4 Å². The Balaban J connectivity index is 1.41. The normalized spacial score (nSPS) is 26.8. The fraction of sp³-hybridized carbons (Fsp3) is 0.391. The maximum atomic E-state index is 12.0. The van der Waals surface area contributed by atoms with Crippen molar-refractivity contribution in [2.75, 3.05) is 25.1 Å². The lowest BCUT2D eigenvalue weighted by Gasteiger charge is -2.23. The molecule has 2 N–H and O–H groups in total. The number of imidazole rings is 1.